The number of rotatable bonds is 17. The highest BCUT2D eigenvalue weighted by molar-refractivity contribution is 9.09. The zero-order valence-electron chi connectivity index (χ0n) is 29.1. The van der Waals surface area contributed by atoms with Gasteiger partial charge in [-0.15, -0.1) is 13.2 Å². The molecule has 4 fully saturated rings. The number of hydrogen-bond acceptors (Lipinski definition) is 9. The summed E-state index contributed by atoms with van der Waals surface area (Å²) in [6.07, 6.45) is 3.62. The molecule has 0 aliphatic carbocycles. The van der Waals surface area contributed by atoms with Gasteiger partial charge in [0.05, 0.1) is 49.8 Å². The van der Waals surface area contributed by atoms with Crippen LogP contribution < -0.4 is 5.32 Å². The molecular weight excluding hydrogens is 708 g/mol. The molecule has 8 atom stereocenters. The lowest BCUT2D eigenvalue weighted by molar-refractivity contribution is -0.152. The number of fused-ring (bicyclic) bond motifs is 1. The first-order valence-corrected chi connectivity index (χ1v) is 18.6. The van der Waals surface area contributed by atoms with E-state index in [2.05, 4.69) is 39.3 Å². The molecule has 13 heteroatoms. The van der Waals surface area contributed by atoms with Crippen LogP contribution in [0.25, 0.3) is 0 Å². The minimum absolute atomic E-state index is 0.0989. The van der Waals surface area contributed by atoms with Crippen molar-refractivity contribution in [2.45, 2.75) is 67.8 Å². The number of likely N-dealkylation sites (tertiary alicyclic amines) is 1. The largest absolute Gasteiger partial charge is 0.463 e. The number of halogens is 1. The lowest BCUT2D eigenvalue weighted by atomic mass is 9.70. The monoisotopic (exact) mass is 758 g/mol. The van der Waals surface area contributed by atoms with Gasteiger partial charge in [0.1, 0.15) is 18.2 Å². The molecule has 1 spiro atoms. The van der Waals surface area contributed by atoms with E-state index in [0.29, 0.717) is 39.1 Å². The zero-order chi connectivity index (χ0) is 36.0. The third-order valence-corrected chi connectivity index (χ3v) is 11.4. The number of morpholine rings is 1. The number of allylic oxidation sites excluding steroid dienone is 1. The Labute approximate surface area is 303 Å². The maximum atomic E-state index is 14.8. The van der Waals surface area contributed by atoms with Crippen molar-refractivity contribution < 1.29 is 38.5 Å². The average molecular weight is 760 g/mol. The van der Waals surface area contributed by atoms with Crippen LogP contribution in [0, 0.1) is 17.8 Å². The molecule has 0 saturated carbocycles. The standard InChI is InChI=1S/C37H51BrN4O8/c1-5-7-13-29(44)49-23-27(25-11-9-8-10-12-25)39-34(45)30-31-35(46)42(28(22-43)24(3)4)33(37(31)21-26(38)32(30)50-37)36(47)41(14-6-2)16-15-40-17-19-48-20-18-40/h5-6,8-12,24,26-28,30-33,43H,1-2,7,13-23H2,3-4H3,(H,39,45)/t26?,27-,28+,30-,31+,32-,33-,37+/m1/s1. The minimum Gasteiger partial charge on any atom is -0.463 e. The first-order valence-electron chi connectivity index (χ1n) is 17.6. The van der Waals surface area contributed by atoms with Gasteiger partial charge in [-0.2, -0.15) is 0 Å². The summed E-state index contributed by atoms with van der Waals surface area (Å²) in [7, 11) is 0. The van der Waals surface area contributed by atoms with E-state index in [1.807, 2.05) is 44.2 Å². The quantitative estimate of drug-likeness (QED) is 0.140. The molecule has 4 saturated heterocycles. The first kappa shape index (κ1) is 38.1. The lowest BCUT2D eigenvalue weighted by Crippen LogP contribution is -2.60. The second kappa shape index (κ2) is 16.9. The summed E-state index contributed by atoms with van der Waals surface area (Å²) < 4.78 is 17.8. The van der Waals surface area contributed by atoms with Gasteiger partial charge < -0.3 is 34.4 Å². The van der Waals surface area contributed by atoms with E-state index in [9.17, 15) is 24.3 Å². The highest BCUT2D eigenvalue weighted by atomic mass is 79.9. The molecule has 0 radical (unpaired) electrons. The summed E-state index contributed by atoms with van der Waals surface area (Å²) in [6.45, 7) is 15.0. The second-order valence-electron chi connectivity index (χ2n) is 13.9. The fourth-order valence-electron chi connectivity index (χ4n) is 7.97. The number of carbonyl (C=O) groups is 4. The Morgan fingerprint density at radius 1 is 1.18 bits per heavy atom. The molecule has 3 amide bonds. The zero-order valence-corrected chi connectivity index (χ0v) is 30.7. The van der Waals surface area contributed by atoms with Gasteiger partial charge in [0.15, 0.2) is 0 Å². The van der Waals surface area contributed by atoms with Crippen LogP contribution in [0.1, 0.15) is 44.7 Å². The van der Waals surface area contributed by atoms with Gasteiger partial charge in [-0.1, -0.05) is 72.3 Å². The Morgan fingerprint density at radius 2 is 1.90 bits per heavy atom. The van der Waals surface area contributed by atoms with Crippen LogP contribution in [0.3, 0.4) is 0 Å². The van der Waals surface area contributed by atoms with E-state index >= 15 is 0 Å². The summed E-state index contributed by atoms with van der Waals surface area (Å²) >= 11 is 3.75. The number of carbonyl (C=O) groups excluding carboxylic acids is 4. The Morgan fingerprint density at radius 3 is 2.54 bits per heavy atom. The Bertz CT molecular complexity index is 1390. The minimum atomic E-state index is -1.30. The smallest absolute Gasteiger partial charge is 0.306 e. The summed E-state index contributed by atoms with van der Waals surface area (Å²) in [5.41, 5.74) is -0.561. The SMILES string of the molecule is C=CCCC(=O)OC[C@@H](NC(=O)[C@H]1[C@@H]2O[C@@]3(CC2Br)[C@@H]1C(=O)N([C@@H](CO)C(C)C)[C@@H]3C(=O)N(CC=C)CCN1CCOCC1)c1ccccc1. The van der Waals surface area contributed by atoms with Crippen molar-refractivity contribution in [3.8, 4) is 0 Å². The third-order valence-electron chi connectivity index (χ3n) is 10.5. The Balaban J connectivity index is 1.46. The fraction of sp³-hybridized carbons (Fsp3) is 0.622. The highest BCUT2D eigenvalue weighted by Gasteiger charge is 2.77. The fourth-order valence-corrected chi connectivity index (χ4v) is 8.92. The number of alkyl halides is 1. The Kier molecular flexibility index (Phi) is 12.9. The predicted octanol–water partition coefficient (Wildman–Crippen LogP) is 2.47. The van der Waals surface area contributed by atoms with Crippen molar-refractivity contribution in [2.75, 3.05) is 59.2 Å². The van der Waals surface area contributed by atoms with Crippen LogP contribution in [0.5, 0.6) is 0 Å². The second-order valence-corrected chi connectivity index (χ2v) is 15.1. The number of nitrogens with zero attached hydrogens (tertiary/aromatic N) is 3. The van der Waals surface area contributed by atoms with Crippen molar-refractivity contribution in [1.29, 1.82) is 0 Å². The van der Waals surface area contributed by atoms with E-state index in [4.69, 9.17) is 14.2 Å². The molecule has 4 aliphatic rings. The maximum Gasteiger partial charge on any atom is 0.306 e. The first-order chi connectivity index (χ1) is 24.1. The van der Waals surface area contributed by atoms with Crippen LogP contribution in [-0.2, 0) is 33.4 Å². The summed E-state index contributed by atoms with van der Waals surface area (Å²) in [4.78, 5) is 61.5. The summed E-state index contributed by atoms with van der Waals surface area (Å²) in [5.74, 6) is -3.58. The third kappa shape index (κ3) is 7.72. The van der Waals surface area contributed by atoms with E-state index in [-0.39, 0.29) is 48.7 Å². The Hall–Kier alpha value is -3.10. The van der Waals surface area contributed by atoms with E-state index in [1.54, 1.807) is 17.1 Å². The number of aliphatic hydroxyl groups is 1. The number of amides is 3. The maximum absolute atomic E-state index is 14.8. The van der Waals surface area contributed by atoms with Crippen molar-refractivity contribution in [3.63, 3.8) is 0 Å². The molecule has 50 heavy (non-hydrogen) atoms. The van der Waals surface area contributed by atoms with Gasteiger partial charge in [-0.3, -0.25) is 24.1 Å². The number of hydrogen-bond donors (Lipinski definition) is 2. The molecule has 1 aromatic carbocycles. The molecular formula is C37H51BrN4O8. The molecule has 5 rings (SSSR count). The van der Waals surface area contributed by atoms with Gasteiger partial charge in [0, 0.05) is 44.0 Å². The van der Waals surface area contributed by atoms with Crippen LogP contribution in [0.4, 0.5) is 0 Å². The molecule has 2 N–H and O–H groups in total. The van der Waals surface area contributed by atoms with Crippen molar-refractivity contribution in [2.24, 2.45) is 17.8 Å². The molecule has 1 unspecified atom stereocenters. The normalized spacial score (nSPS) is 28.6. The molecule has 274 valence electrons. The number of ether oxygens (including phenoxy) is 3. The van der Waals surface area contributed by atoms with Gasteiger partial charge in [0.2, 0.25) is 17.7 Å². The van der Waals surface area contributed by atoms with Crippen LogP contribution in [-0.4, -0.2) is 131 Å². The van der Waals surface area contributed by atoms with Crippen LogP contribution in [0.15, 0.2) is 55.6 Å². The molecule has 0 aromatic heterocycles. The molecule has 4 heterocycles. The topological polar surface area (TPSA) is 138 Å². The van der Waals surface area contributed by atoms with Crippen molar-refractivity contribution in [1.82, 2.24) is 20.0 Å². The van der Waals surface area contributed by atoms with Gasteiger partial charge in [-0.25, -0.2) is 0 Å². The highest BCUT2D eigenvalue weighted by Crippen LogP contribution is 2.60. The molecule has 12 nitrogen and oxygen atoms in total. The average Bonchev–Trinajstić information content (AvgIpc) is 3.71. The van der Waals surface area contributed by atoms with Crippen molar-refractivity contribution in [3.05, 3.63) is 61.2 Å². The van der Waals surface area contributed by atoms with Gasteiger partial charge in [-0.05, 0) is 24.3 Å². The van der Waals surface area contributed by atoms with Crippen LogP contribution >= 0.6 is 15.9 Å². The molecule has 2 bridgehead atoms. The lowest BCUT2D eigenvalue weighted by Gasteiger charge is -2.41. The summed E-state index contributed by atoms with van der Waals surface area (Å²) in [5, 5.41) is 13.7. The number of nitrogens with one attached hydrogen (secondary N) is 1. The molecule has 4 aliphatic heterocycles. The van der Waals surface area contributed by atoms with E-state index in [1.165, 1.54) is 4.90 Å². The van der Waals surface area contributed by atoms with E-state index in [0.717, 1.165) is 18.7 Å². The predicted molar refractivity (Wildman–Crippen MR) is 190 cm³/mol. The van der Waals surface area contributed by atoms with Crippen molar-refractivity contribution >= 4 is 39.6 Å². The van der Waals surface area contributed by atoms with Crippen LogP contribution in [0.2, 0.25) is 0 Å². The van der Waals surface area contributed by atoms with Gasteiger partial charge in [0.25, 0.3) is 0 Å². The number of aliphatic hydroxyl groups excluding tert-OH is 1. The van der Waals surface area contributed by atoms with E-state index < -0.39 is 53.5 Å². The summed E-state index contributed by atoms with van der Waals surface area (Å²) in [6, 6.07) is 6.79. The van der Waals surface area contributed by atoms with Gasteiger partial charge >= 0.3 is 5.97 Å². The molecule has 1 aromatic rings. The number of esters is 1. The number of benzene rings is 1.